The van der Waals surface area contributed by atoms with Crippen molar-refractivity contribution in [3.63, 3.8) is 0 Å². The molecule has 0 unspecified atom stereocenters. The topological polar surface area (TPSA) is 74.8 Å². The highest BCUT2D eigenvalue weighted by Gasteiger charge is 2.32. The molecule has 0 spiro atoms. The van der Waals surface area contributed by atoms with Crippen LogP contribution in [0.2, 0.25) is 0 Å². The predicted molar refractivity (Wildman–Crippen MR) is 120 cm³/mol. The summed E-state index contributed by atoms with van der Waals surface area (Å²) in [7, 11) is -3.55. The van der Waals surface area contributed by atoms with Crippen LogP contribution in [0.3, 0.4) is 0 Å². The molecule has 0 saturated carbocycles. The maximum Gasteiger partial charge on any atom is 0.254 e. The van der Waals surface area contributed by atoms with Gasteiger partial charge in [-0.1, -0.05) is 48.5 Å². The molecule has 160 valence electrons. The first-order valence-corrected chi connectivity index (χ1v) is 12.2. The number of nitrogens with zero attached hydrogens (tertiary/aromatic N) is 2. The summed E-state index contributed by atoms with van der Waals surface area (Å²) in [6.07, 6.45) is 0. The lowest BCUT2D eigenvalue weighted by Crippen LogP contribution is -2.50. The first-order valence-electron chi connectivity index (χ1n) is 9.92. The Labute approximate surface area is 185 Å². The van der Waals surface area contributed by atoms with Crippen LogP contribution in [-0.4, -0.2) is 55.5 Å². The molecule has 2 aromatic carbocycles. The number of carbonyl (C=O) groups is 2. The number of sulfonamides is 1. The van der Waals surface area contributed by atoms with Crippen molar-refractivity contribution >= 4 is 33.1 Å². The normalized spacial score (nSPS) is 15.1. The van der Waals surface area contributed by atoms with Gasteiger partial charge in [-0.05, 0) is 25.1 Å². The number of ketones is 1. The number of hydrogen-bond donors (Lipinski definition) is 0. The molecule has 1 amide bonds. The molecule has 8 heteroatoms. The van der Waals surface area contributed by atoms with Crippen LogP contribution >= 0.6 is 11.3 Å². The SMILES string of the molecule is Cc1ccc(S(=O)(=O)N2CCN(C(=O)c3ccccc3C(=O)c3ccccc3)CC2)s1. The molecule has 1 fully saturated rings. The van der Waals surface area contributed by atoms with E-state index in [9.17, 15) is 18.0 Å². The molecule has 0 radical (unpaired) electrons. The fourth-order valence-corrected chi connectivity index (χ4v) is 6.45. The average Bonchev–Trinajstić information content (AvgIpc) is 3.26. The number of hydrogen-bond acceptors (Lipinski definition) is 5. The van der Waals surface area contributed by atoms with Crippen molar-refractivity contribution in [2.45, 2.75) is 11.1 Å². The van der Waals surface area contributed by atoms with E-state index in [1.54, 1.807) is 65.6 Å². The maximum atomic E-state index is 13.2. The number of piperazine rings is 1. The molecular weight excluding hydrogens is 432 g/mol. The highest BCUT2D eigenvalue weighted by Crippen LogP contribution is 2.25. The van der Waals surface area contributed by atoms with Gasteiger partial charge in [0, 0.05) is 42.2 Å². The van der Waals surface area contributed by atoms with E-state index in [-0.39, 0.29) is 37.9 Å². The van der Waals surface area contributed by atoms with E-state index in [2.05, 4.69) is 0 Å². The average molecular weight is 455 g/mol. The van der Waals surface area contributed by atoms with Crippen LogP contribution in [0.15, 0.2) is 70.9 Å². The predicted octanol–water partition coefficient (Wildman–Crippen LogP) is 3.43. The molecule has 0 atom stereocenters. The van der Waals surface area contributed by atoms with Crippen molar-refractivity contribution in [1.82, 2.24) is 9.21 Å². The zero-order valence-corrected chi connectivity index (χ0v) is 18.7. The highest BCUT2D eigenvalue weighted by molar-refractivity contribution is 7.91. The van der Waals surface area contributed by atoms with Crippen molar-refractivity contribution in [2.24, 2.45) is 0 Å². The van der Waals surface area contributed by atoms with Crippen molar-refractivity contribution in [3.8, 4) is 0 Å². The van der Waals surface area contributed by atoms with Crippen LogP contribution in [0, 0.1) is 6.92 Å². The van der Waals surface area contributed by atoms with Gasteiger partial charge < -0.3 is 4.90 Å². The molecule has 1 aliphatic rings. The minimum absolute atomic E-state index is 0.209. The van der Waals surface area contributed by atoms with E-state index in [4.69, 9.17) is 0 Å². The second-order valence-electron chi connectivity index (χ2n) is 7.30. The molecule has 1 saturated heterocycles. The van der Waals surface area contributed by atoms with Crippen LogP contribution < -0.4 is 0 Å². The zero-order chi connectivity index (χ0) is 22.0. The van der Waals surface area contributed by atoms with Gasteiger partial charge >= 0.3 is 0 Å². The molecule has 0 N–H and O–H groups in total. The lowest BCUT2D eigenvalue weighted by Gasteiger charge is -2.34. The molecule has 3 aromatic rings. The minimum Gasteiger partial charge on any atom is -0.336 e. The van der Waals surface area contributed by atoms with Gasteiger partial charge in [-0.15, -0.1) is 11.3 Å². The number of amides is 1. The summed E-state index contributed by atoms with van der Waals surface area (Å²) in [5.74, 6) is -0.470. The van der Waals surface area contributed by atoms with Gasteiger partial charge in [0.2, 0.25) is 0 Å². The van der Waals surface area contributed by atoms with Crippen LogP contribution in [0.5, 0.6) is 0 Å². The van der Waals surface area contributed by atoms with Gasteiger partial charge in [0.25, 0.3) is 15.9 Å². The van der Waals surface area contributed by atoms with Gasteiger partial charge in [0.05, 0.1) is 5.56 Å². The standard InChI is InChI=1S/C23H22N2O4S2/c1-17-11-12-21(30-17)31(28,29)25-15-13-24(14-16-25)23(27)20-10-6-5-9-19(20)22(26)18-7-3-2-4-8-18/h2-12H,13-16H2,1H3. The maximum absolute atomic E-state index is 13.2. The number of thiophene rings is 1. The summed E-state index contributed by atoms with van der Waals surface area (Å²) in [6.45, 7) is 2.86. The van der Waals surface area contributed by atoms with E-state index in [0.29, 0.717) is 20.9 Å². The number of rotatable bonds is 5. The van der Waals surface area contributed by atoms with Gasteiger partial charge in [-0.2, -0.15) is 4.31 Å². The van der Waals surface area contributed by atoms with E-state index in [0.717, 1.165) is 4.88 Å². The van der Waals surface area contributed by atoms with Crippen molar-refractivity contribution in [3.05, 3.63) is 88.3 Å². The van der Waals surface area contributed by atoms with Gasteiger partial charge in [0.1, 0.15) is 4.21 Å². The molecule has 2 heterocycles. The molecule has 4 rings (SSSR count). The Morgan fingerprint density at radius 1 is 0.806 bits per heavy atom. The lowest BCUT2D eigenvalue weighted by molar-refractivity contribution is 0.0694. The molecule has 6 nitrogen and oxygen atoms in total. The van der Waals surface area contributed by atoms with Crippen molar-refractivity contribution < 1.29 is 18.0 Å². The van der Waals surface area contributed by atoms with Gasteiger partial charge in [-0.25, -0.2) is 8.42 Å². The quantitative estimate of drug-likeness (QED) is 0.554. The Bertz CT molecular complexity index is 1210. The van der Waals surface area contributed by atoms with E-state index in [1.807, 2.05) is 13.0 Å². The Kier molecular flexibility index (Phi) is 6.04. The van der Waals surface area contributed by atoms with Crippen LogP contribution in [0.25, 0.3) is 0 Å². The summed E-state index contributed by atoms with van der Waals surface area (Å²) in [5, 5.41) is 0. The fourth-order valence-electron chi connectivity index (χ4n) is 3.59. The van der Waals surface area contributed by atoms with Gasteiger partial charge in [-0.3, -0.25) is 9.59 Å². The Morgan fingerprint density at radius 3 is 2.03 bits per heavy atom. The first kappa shape index (κ1) is 21.4. The lowest BCUT2D eigenvalue weighted by atomic mass is 9.97. The molecule has 0 aliphatic carbocycles. The van der Waals surface area contributed by atoms with Crippen molar-refractivity contribution in [2.75, 3.05) is 26.2 Å². The summed E-state index contributed by atoms with van der Waals surface area (Å²) in [6, 6.07) is 19.0. The molecule has 0 bridgehead atoms. The third kappa shape index (κ3) is 4.32. The second-order valence-corrected chi connectivity index (χ2v) is 10.8. The minimum atomic E-state index is -3.55. The molecule has 31 heavy (non-hydrogen) atoms. The summed E-state index contributed by atoms with van der Waals surface area (Å²) in [4.78, 5) is 28.7. The molecule has 1 aliphatic heterocycles. The van der Waals surface area contributed by atoms with Gasteiger partial charge in [0.15, 0.2) is 5.78 Å². The molecular formula is C23H22N2O4S2. The number of aryl methyl sites for hydroxylation is 1. The van der Waals surface area contributed by atoms with Crippen LogP contribution in [0.4, 0.5) is 0 Å². The number of carbonyl (C=O) groups excluding carboxylic acids is 2. The Hall–Kier alpha value is -2.81. The van der Waals surface area contributed by atoms with Crippen LogP contribution in [0.1, 0.15) is 31.2 Å². The number of benzene rings is 2. The monoisotopic (exact) mass is 454 g/mol. The third-order valence-electron chi connectivity index (χ3n) is 5.27. The van der Waals surface area contributed by atoms with E-state index in [1.165, 1.54) is 15.6 Å². The van der Waals surface area contributed by atoms with E-state index >= 15 is 0 Å². The summed E-state index contributed by atoms with van der Waals surface area (Å²) < 4.78 is 27.4. The fraction of sp³-hybridized carbons (Fsp3) is 0.217. The van der Waals surface area contributed by atoms with Crippen LogP contribution in [-0.2, 0) is 10.0 Å². The van der Waals surface area contributed by atoms with E-state index < -0.39 is 10.0 Å². The molecule has 1 aromatic heterocycles. The Balaban J connectivity index is 1.50. The smallest absolute Gasteiger partial charge is 0.254 e. The second kappa shape index (κ2) is 8.74. The zero-order valence-electron chi connectivity index (χ0n) is 17.0. The largest absolute Gasteiger partial charge is 0.336 e. The first-order chi connectivity index (χ1) is 14.9. The third-order valence-corrected chi connectivity index (χ3v) is 8.64. The Morgan fingerprint density at radius 2 is 1.42 bits per heavy atom. The highest BCUT2D eigenvalue weighted by atomic mass is 32.2. The van der Waals surface area contributed by atoms with Crippen molar-refractivity contribution in [1.29, 1.82) is 0 Å². The summed E-state index contributed by atoms with van der Waals surface area (Å²) in [5.41, 5.74) is 1.20. The summed E-state index contributed by atoms with van der Waals surface area (Å²) >= 11 is 1.25.